The van der Waals surface area contributed by atoms with Crippen LogP contribution in [0.2, 0.25) is 0 Å². The average molecular weight is 597 g/mol. The van der Waals surface area contributed by atoms with Crippen molar-refractivity contribution in [1.82, 2.24) is 0 Å². The summed E-state index contributed by atoms with van der Waals surface area (Å²) in [5.41, 5.74) is 2.23. The number of carboxylic acids is 1. The molecule has 0 spiro atoms. The van der Waals surface area contributed by atoms with Crippen molar-refractivity contribution >= 4 is 11.9 Å². The van der Waals surface area contributed by atoms with Crippen LogP contribution in [0.1, 0.15) is 152 Å². The molecule has 43 heavy (non-hydrogen) atoms. The summed E-state index contributed by atoms with van der Waals surface area (Å²) >= 11 is 0. The molecule has 5 rings (SSSR count). The molecule has 0 aromatic rings. The number of rotatable bonds is 8. The van der Waals surface area contributed by atoms with Crippen molar-refractivity contribution in [2.75, 3.05) is 0 Å². The lowest BCUT2D eigenvalue weighted by Crippen LogP contribution is -2.66. The van der Waals surface area contributed by atoms with E-state index in [1.165, 1.54) is 69.8 Å². The van der Waals surface area contributed by atoms with E-state index in [1.807, 2.05) is 13.8 Å². The second-order valence-corrected chi connectivity index (χ2v) is 18.5. The molecule has 10 atom stereocenters. The smallest absolute Gasteiger partial charge is 0.306 e. The van der Waals surface area contributed by atoms with Gasteiger partial charge < -0.3 is 9.84 Å². The molecule has 0 heterocycles. The molecule has 0 aliphatic heterocycles. The predicted octanol–water partition coefficient (Wildman–Crippen LogP) is 10.2. The molecular formula is C39H64O4. The van der Waals surface area contributed by atoms with Crippen molar-refractivity contribution in [3.63, 3.8) is 0 Å². The molecule has 5 fully saturated rings. The minimum absolute atomic E-state index is 0.0234. The zero-order valence-electron chi connectivity index (χ0n) is 29.2. The Hall–Kier alpha value is -1.32. The fourth-order valence-electron chi connectivity index (χ4n) is 13.5. The summed E-state index contributed by atoms with van der Waals surface area (Å²) in [5, 5.41) is 9.29. The highest BCUT2D eigenvalue weighted by atomic mass is 16.5. The first-order valence-corrected chi connectivity index (χ1v) is 17.9. The molecule has 0 bridgehead atoms. The van der Waals surface area contributed by atoms with Crippen LogP contribution in [0.15, 0.2) is 12.2 Å². The largest absolute Gasteiger partial charge is 0.481 e. The summed E-state index contributed by atoms with van der Waals surface area (Å²) in [4.78, 5) is 24.5. The van der Waals surface area contributed by atoms with Crippen LogP contribution in [-0.2, 0) is 14.3 Å². The summed E-state index contributed by atoms with van der Waals surface area (Å²) in [6.45, 7) is 25.8. The lowest BCUT2D eigenvalue weighted by Gasteiger charge is -2.73. The van der Waals surface area contributed by atoms with Gasteiger partial charge in [-0.1, -0.05) is 74.0 Å². The van der Waals surface area contributed by atoms with Gasteiger partial charge in [0.15, 0.2) is 0 Å². The molecule has 5 aliphatic carbocycles. The van der Waals surface area contributed by atoms with E-state index in [1.54, 1.807) is 0 Å². The highest BCUT2D eigenvalue weighted by Gasteiger charge is 2.70. The van der Waals surface area contributed by atoms with Crippen molar-refractivity contribution < 1.29 is 19.4 Å². The molecule has 0 amide bonds. The molecule has 1 N–H and O–H groups in total. The van der Waals surface area contributed by atoms with Crippen LogP contribution in [0, 0.1) is 62.1 Å². The summed E-state index contributed by atoms with van der Waals surface area (Å²) in [6, 6.07) is 0. The highest BCUT2D eigenvalue weighted by molar-refractivity contribution is 5.73. The first-order chi connectivity index (χ1) is 19.9. The van der Waals surface area contributed by atoms with E-state index >= 15 is 0 Å². The van der Waals surface area contributed by atoms with Crippen LogP contribution in [0.5, 0.6) is 0 Å². The van der Waals surface area contributed by atoms with Crippen molar-refractivity contribution in [1.29, 1.82) is 0 Å². The average Bonchev–Trinajstić information content (AvgIpc) is 3.25. The topological polar surface area (TPSA) is 63.6 Å². The number of carbonyl (C=O) groups is 2. The Morgan fingerprint density at radius 3 is 2.19 bits per heavy atom. The Kier molecular flexibility index (Phi) is 8.37. The molecule has 244 valence electrons. The van der Waals surface area contributed by atoms with Crippen LogP contribution >= 0.6 is 0 Å². The van der Waals surface area contributed by atoms with Crippen molar-refractivity contribution in [3.8, 4) is 0 Å². The molecule has 5 aliphatic rings. The molecule has 5 saturated carbocycles. The molecule has 0 saturated heterocycles. The van der Waals surface area contributed by atoms with Gasteiger partial charge in [0.25, 0.3) is 0 Å². The van der Waals surface area contributed by atoms with Crippen LogP contribution in [-0.4, -0.2) is 23.1 Å². The van der Waals surface area contributed by atoms with Crippen LogP contribution < -0.4 is 0 Å². The van der Waals surface area contributed by atoms with Gasteiger partial charge in [0.05, 0.1) is 12.8 Å². The number of aliphatic carboxylic acids is 1. The number of hydrogen-bond acceptors (Lipinski definition) is 3. The van der Waals surface area contributed by atoms with Gasteiger partial charge in [-0.2, -0.15) is 0 Å². The predicted molar refractivity (Wildman–Crippen MR) is 174 cm³/mol. The second kappa shape index (κ2) is 10.9. The third kappa shape index (κ3) is 5.06. The number of carboxylic acid groups (broad SMARTS) is 1. The number of carbonyl (C=O) groups excluding carboxylic acids is 1. The fourth-order valence-corrected chi connectivity index (χ4v) is 13.5. The SMILES string of the molecule is C=C(C)[C@@H]1CC[C@]2(CCC)CC[C@]3(C)C(CCC4[C@@]5(C)CC[C@H](OC(=O)CC(C)(C)CC(=O)O)C(C)(C)C5CC[C@]43C)C12. The fraction of sp³-hybridized carbons (Fsp3) is 0.897. The number of hydrogen-bond donors (Lipinski definition) is 1. The third-order valence-corrected chi connectivity index (χ3v) is 15.5. The van der Waals surface area contributed by atoms with E-state index in [9.17, 15) is 14.7 Å². The number of esters is 1. The van der Waals surface area contributed by atoms with Crippen LogP contribution in [0.4, 0.5) is 0 Å². The summed E-state index contributed by atoms with van der Waals surface area (Å²) in [7, 11) is 0. The van der Waals surface area contributed by atoms with Crippen LogP contribution in [0.25, 0.3) is 0 Å². The van der Waals surface area contributed by atoms with Gasteiger partial charge in [0.2, 0.25) is 0 Å². The Labute approximate surface area is 263 Å². The van der Waals surface area contributed by atoms with E-state index in [4.69, 9.17) is 4.74 Å². The van der Waals surface area contributed by atoms with Gasteiger partial charge in [-0.05, 0) is 134 Å². The molecular weight excluding hydrogens is 532 g/mol. The lowest BCUT2D eigenvalue weighted by molar-refractivity contribution is -0.250. The number of allylic oxidation sites excluding steroid dienone is 1. The van der Waals surface area contributed by atoms with Gasteiger partial charge in [-0.25, -0.2) is 0 Å². The number of ether oxygens (including phenoxy) is 1. The maximum absolute atomic E-state index is 13.1. The van der Waals surface area contributed by atoms with Crippen molar-refractivity contribution in [2.24, 2.45) is 62.1 Å². The summed E-state index contributed by atoms with van der Waals surface area (Å²) in [6.07, 6.45) is 15.5. The first-order valence-electron chi connectivity index (χ1n) is 17.9. The molecule has 4 unspecified atom stereocenters. The second-order valence-electron chi connectivity index (χ2n) is 18.5. The monoisotopic (exact) mass is 596 g/mol. The minimum Gasteiger partial charge on any atom is -0.481 e. The lowest BCUT2D eigenvalue weighted by atomic mass is 9.32. The van der Waals surface area contributed by atoms with E-state index in [0.29, 0.717) is 34.0 Å². The van der Waals surface area contributed by atoms with Gasteiger partial charge >= 0.3 is 11.9 Å². The van der Waals surface area contributed by atoms with Crippen LogP contribution in [0.3, 0.4) is 0 Å². The molecule has 4 nitrogen and oxygen atoms in total. The minimum atomic E-state index is -0.864. The van der Waals surface area contributed by atoms with Gasteiger partial charge in [-0.3, -0.25) is 9.59 Å². The Balaban J connectivity index is 1.39. The summed E-state index contributed by atoms with van der Waals surface area (Å²) in [5.74, 6) is 2.44. The van der Waals surface area contributed by atoms with E-state index in [2.05, 4.69) is 55.0 Å². The number of fused-ring (bicyclic) bond motifs is 7. The highest BCUT2D eigenvalue weighted by Crippen LogP contribution is 2.78. The van der Waals surface area contributed by atoms with Crippen molar-refractivity contribution in [3.05, 3.63) is 12.2 Å². The zero-order chi connectivity index (χ0) is 31.8. The summed E-state index contributed by atoms with van der Waals surface area (Å²) < 4.78 is 6.26. The maximum atomic E-state index is 13.1. The third-order valence-electron chi connectivity index (χ3n) is 15.5. The van der Waals surface area contributed by atoms with Gasteiger partial charge in [-0.15, -0.1) is 0 Å². The first kappa shape index (κ1) is 33.1. The zero-order valence-corrected chi connectivity index (χ0v) is 29.2. The molecule has 4 heteroatoms. The van der Waals surface area contributed by atoms with E-state index in [-0.39, 0.29) is 35.7 Å². The Bertz CT molecular complexity index is 1120. The Morgan fingerprint density at radius 1 is 0.860 bits per heavy atom. The van der Waals surface area contributed by atoms with Gasteiger partial charge in [0.1, 0.15) is 6.10 Å². The van der Waals surface area contributed by atoms with E-state index < -0.39 is 11.4 Å². The normalized spacial score (nSPS) is 45.2. The molecule has 0 aromatic heterocycles. The van der Waals surface area contributed by atoms with E-state index in [0.717, 1.165) is 24.7 Å². The molecule has 0 aromatic carbocycles. The van der Waals surface area contributed by atoms with Crippen molar-refractivity contribution in [2.45, 2.75) is 158 Å². The van der Waals surface area contributed by atoms with Gasteiger partial charge in [0, 0.05) is 5.41 Å². The maximum Gasteiger partial charge on any atom is 0.306 e. The Morgan fingerprint density at radius 2 is 1.56 bits per heavy atom. The quantitative estimate of drug-likeness (QED) is 0.224. The molecule has 0 radical (unpaired) electrons. The standard InChI is InChI=1S/C39H64O4/c1-11-17-39-20-14-26(25(2)3)33(39)27-12-13-29-36(8)18-16-30(43-32(42)24-34(4,5)23-31(40)41)35(6,7)28(36)15-19-38(29,10)37(27,9)21-22-39/h26-30,33H,2,11-24H2,1,3-10H3,(H,40,41)/t26-,27?,28?,29?,30-,33?,36-,37+,38+,39+/m0/s1.